The first-order valence-electron chi connectivity index (χ1n) is 7.83. The number of rotatable bonds is 5. The number of piperidine rings is 1. The topological polar surface area (TPSA) is 44.7 Å². The Hall–Kier alpha value is -0.160. The van der Waals surface area contributed by atoms with Crippen LogP contribution in [0.4, 0.5) is 0 Å². The summed E-state index contributed by atoms with van der Waals surface area (Å²) in [6.45, 7) is 5.61. The number of likely N-dealkylation sites (N-methyl/N-ethyl adjacent to an activating group) is 1. The van der Waals surface area contributed by atoms with E-state index in [1.807, 2.05) is 0 Å². The summed E-state index contributed by atoms with van der Waals surface area (Å²) in [5.74, 6) is 0. The lowest BCUT2D eigenvalue weighted by Gasteiger charge is -2.38. The van der Waals surface area contributed by atoms with Gasteiger partial charge in [0.05, 0.1) is 5.60 Å². The van der Waals surface area contributed by atoms with E-state index in [-0.39, 0.29) is 0 Å². The molecule has 0 spiro atoms. The van der Waals surface area contributed by atoms with Crippen molar-refractivity contribution in [3.8, 4) is 0 Å². The summed E-state index contributed by atoms with van der Waals surface area (Å²) in [7, 11) is 2.14. The fraction of sp³-hybridized carbons (Fsp3) is 1.00. The van der Waals surface area contributed by atoms with Gasteiger partial charge in [-0.15, -0.1) is 0 Å². The number of aliphatic hydroxyl groups is 1. The van der Waals surface area contributed by atoms with E-state index in [1.54, 1.807) is 0 Å². The fourth-order valence-corrected chi connectivity index (χ4v) is 3.25. The third-order valence-electron chi connectivity index (χ3n) is 4.76. The highest BCUT2D eigenvalue weighted by Crippen LogP contribution is 2.23. The van der Waals surface area contributed by atoms with Gasteiger partial charge in [-0.2, -0.15) is 0 Å². The summed E-state index contributed by atoms with van der Waals surface area (Å²) in [5, 5.41) is 14.2. The molecule has 2 aliphatic heterocycles. The molecule has 0 saturated carbocycles. The summed E-state index contributed by atoms with van der Waals surface area (Å²) in [4.78, 5) is 2.32. The van der Waals surface area contributed by atoms with Crippen LogP contribution in [0.2, 0.25) is 0 Å². The zero-order valence-corrected chi connectivity index (χ0v) is 12.5. The zero-order valence-electron chi connectivity index (χ0n) is 12.5. The molecular formula is C15H30N2O2. The van der Waals surface area contributed by atoms with Crippen molar-refractivity contribution in [2.24, 2.45) is 0 Å². The average molecular weight is 270 g/mol. The van der Waals surface area contributed by atoms with E-state index < -0.39 is 5.60 Å². The van der Waals surface area contributed by atoms with Crippen LogP contribution in [0.25, 0.3) is 0 Å². The van der Waals surface area contributed by atoms with Crippen molar-refractivity contribution in [1.29, 1.82) is 0 Å². The molecule has 0 radical (unpaired) electrons. The van der Waals surface area contributed by atoms with Gasteiger partial charge in [0, 0.05) is 44.7 Å². The van der Waals surface area contributed by atoms with Gasteiger partial charge in [0.2, 0.25) is 0 Å². The Balaban J connectivity index is 1.76. The average Bonchev–Trinajstić information content (AvgIpc) is 2.40. The monoisotopic (exact) mass is 270 g/mol. The van der Waals surface area contributed by atoms with E-state index >= 15 is 0 Å². The van der Waals surface area contributed by atoms with Crippen LogP contribution in [0.5, 0.6) is 0 Å². The van der Waals surface area contributed by atoms with Gasteiger partial charge in [-0.1, -0.05) is 6.42 Å². The van der Waals surface area contributed by atoms with E-state index in [0.717, 1.165) is 19.4 Å². The third kappa shape index (κ3) is 4.71. The van der Waals surface area contributed by atoms with Crippen LogP contribution in [0.15, 0.2) is 0 Å². The molecular weight excluding hydrogens is 240 g/mol. The van der Waals surface area contributed by atoms with E-state index in [2.05, 4.69) is 24.2 Å². The van der Waals surface area contributed by atoms with Crippen molar-refractivity contribution in [2.75, 3.05) is 33.4 Å². The molecule has 2 aliphatic rings. The molecule has 0 aliphatic carbocycles. The summed E-state index contributed by atoms with van der Waals surface area (Å²) in [6.07, 6.45) is 6.70. The Labute approximate surface area is 117 Å². The van der Waals surface area contributed by atoms with Crippen LogP contribution in [0.1, 0.15) is 45.4 Å². The second-order valence-corrected chi connectivity index (χ2v) is 6.48. The fourth-order valence-electron chi connectivity index (χ4n) is 3.25. The van der Waals surface area contributed by atoms with Crippen LogP contribution in [-0.2, 0) is 4.74 Å². The van der Waals surface area contributed by atoms with Gasteiger partial charge in [-0.25, -0.2) is 0 Å². The van der Waals surface area contributed by atoms with Crippen LogP contribution < -0.4 is 5.32 Å². The maximum atomic E-state index is 10.6. The molecule has 2 heterocycles. The summed E-state index contributed by atoms with van der Waals surface area (Å²) in [6, 6.07) is 1.18. The van der Waals surface area contributed by atoms with Crippen molar-refractivity contribution in [3.05, 3.63) is 0 Å². The molecule has 0 aromatic carbocycles. The largest absolute Gasteiger partial charge is 0.388 e. The third-order valence-corrected chi connectivity index (χ3v) is 4.76. The van der Waals surface area contributed by atoms with Gasteiger partial charge in [0.25, 0.3) is 0 Å². The number of hydrogen-bond acceptors (Lipinski definition) is 4. The Bertz CT molecular complexity index is 261. The minimum Gasteiger partial charge on any atom is -0.388 e. The molecule has 0 aromatic heterocycles. The zero-order chi connectivity index (χ0) is 13.7. The van der Waals surface area contributed by atoms with Crippen molar-refractivity contribution >= 4 is 0 Å². The molecule has 2 rings (SSSR count). The normalized spacial score (nSPS) is 29.4. The Morgan fingerprint density at radius 3 is 2.74 bits per heavy atom. The molecule has 2 unspecified atom stereocenters. The summed E-state index contributed by atoms with van der Waals surface area (Å²) in [5.41, 5.74) is -0.540. The van der Waals surface area contributed by atoms with Crippen molar-refractivity contribution < 1.29 is 9.84 Å². The first-order valence-corrected chi connectivity index (χ1v) is 7.83. The lowest BCUT2D eigenvalue weighted by Crippen LogP contribution is -2.49. The molecule has 2 atom stereocenters. The second-order valence-electron chi connectivity index (χ2n) is 6.48. The highest BCUT2D eigenvalue weighted by molar-refractivity contribution is 4.86. The molecule has 2 fully saturated rings. The van der Waals surface area contributed by atoms with Gasteiger partial charge >= 0.3 is 0 Å². The van der Waals surface area contributed by atoms with Crippen LogP contribution >= 0.6 is 0 Å². The molecule has 4 nitrogen and oxygen atoms in total. The van der Waals surface area contributed by atoms with E-state index in [0.29, 0.717) is 25.3 Å². The maximum Gasteiger partial charge on any atom is 0.0817 e. The van der Waals surface area contributed by atoms with Crippen LogP contribution in [0.3, 0.4) is 0 Å². The summed E-state index contributed by atoms with van der Waals surface area (Å²) < 4.78 is 5.34. The predicted molar refractivity (Wildman–Crippen MR) is 77.4 cm³/mol. The van der Waals surface area contributed by atoms with E-state index in [1.165, 1.54) is 32.2 Å². The molecule has 2 N–H and O–H groups in total. The molecule has 112 valence electrons. The second kappa shape index (κ2) is 7.02. The molecule has 4 heteroatoms. The van der Waals surface area contributed by atoms with Gasteiger partial charge in [0.15, 0.2) is 0 Å². The number of nitrogens with one attached hydrogen (secondary N) is 1. The molecule has 0 bridgehead atoms. The smallest absolute Gasteiger partial charge is 0.0817 e. The standard InChI is InChI=1S/C15H30N2O2/c1-13(11-14-5-3-4-8-16-14)17(2)12-15(18)6-9-19-10-7-15/h13-14,16,18H,3-12H2,1-2H3. The maximum absolute atomic E-state index is 10.6. The quantitative estimate of drug-likeness (QED) is 0.792. The van der Waals surface area contributed by atoms with E-state index in [9.17, 15) is 5.11 Å². The van der Waals surface area contributed by atoms with Gasteiger partial charge in [0.1, 0.15) is 0 Å². The Morgan fingerprint density at radius 1 is 1.37 bits per heavy atom. The van der Waals surface area contributed by atoms with Crippen LogP contribution in [0, 0.1) is 0 Å². The minimum atomic E-state index is -0.540. The number of nitrogens with zero attached hydrogens (tertiary/aromatic N) is 1. The Kier molecular flexibility index (Phi) is 5.63. The Morgan fingerprint density at radius 2 is 2.11 bits per heavy atom. The van der Waals surface area contributed by atoms with Gasteiger partial charge < -0.3 is 20.1 Å². The first-order chi connectivity index (χ1) is 9.09. The number of ether oxygens (including phenoxy) is 1. The predicted octanol–water partition coefficient (Wildman–Crippen LogP) is 1.38. The highest BCUT2D eigenvalue weighted by Gasteiger charge is 2.32. The van der Waals surface area contributed by atoms with E-state index in [4.69, 9.17) is 4.74 Å². The summed E-state index contributed by atoms with van der Waals surface area (Å²) >= 11 is 0. The SMILES string of the molecule is CC(CC1CCCCN1)N(C)CC1(O)CCOCC1. The van der Waals surface area contributed by atoms with Crippen molar-refractivity contribution in [2.45, 2.75) is 63.1 Å². The van der Waals surface area contributed by atoms with Crippen molar-refractivity contribution in [1.82, 2.24) is 10.2 Å². The van der Waals surface area contributed by atoms with Gasteiger partial charge in [-0.05, 0) is 39.8 Å². The minimum absolute atomic E-state index is 0.516. The first kappa shape index (κ1) is 15.2. The van der Waals surface area contributed by atoms with Crippen molar-refractivity contribution in [3.63, 3.8) is 0 Å². The molecule has 0 aromatic rings. The molecule has 0 amide bonds. The van der Waals surface area contributed by atoms with Crippen LogP contribution in [-0.4, -0.2) is 61.0 Å². The lowest BCUT2D eigenvalue weighted by molar-refractivity contribution is -0.0813. The highest BCUT2D eigenvalue weighted by atomic mass is 16.5. The lowest BCUT2D eigenvalue weighted by atomic mass is 9.92. The molecule has 2 saturated heterocycles. The molecule has 19 heavy (non-hydrogen) atoms. The van der Waals surface area contributed by atoms with Gasteiger partial charge in [-0.3, -0.25) is 0 Å². The number of hydrogen-bond donors (Lipinski definition) is 2.